The minimum absolute atomic E-state index is 0.0512. The first-order valence-corrected chi connectivity index (χ1v) is 15.8. The monoisotopic (exact) mass is 499 g/mol. The minimum Gasteiger partial charge on any atom is -0.461 e. The number of nitrogens with zero attached hydrogens (tertiary/aromatic N) is 3. The molecule has 0 bridgehead atoms. The molecule has 2 heterocycles. The molecule has 1 atom stereocenters. The summed E-state index contributed by atoms with van der Waals surface area (Å²) in [7, 11) is -1.95. The molecule has 2 aromatic heterocycles. The van der Waals surface area contributed by atoms with Crippen molar-refractivity contribution in [1.29, 1.82) is 0 Å². The van der Waals surface area contributed by atoms with Crippen LogP contribution in [0.4, 0.5) is 0 Å². The number of benzene rings is 1. The number of pyridine rings is 1. The molecule has 0 radical (unpaired) electrons. The van der Waals surface area contributed by atoms with Gasteiger partial charge in [-0.1, -0.05) is 45.0 Å². The number of rotatable bonds is 11. The number of ether oxygens (including phenoxy) is 1. The Morgan fingerprint density at radius 1 is 1.18 bits per heavy atom. The van der Waals surface area contributed by atoms with Crippen molar-refractivity contribution in [3.05, 3.63) is 54.6 Å². The van der Waals surface area contributed by atoms with Gasteiger partial charge in [0.15, 0.2) is 14.0 Å². The van der Waals surface area contributed by atoms with E-state index in [2.05, 4.69) is 63.1 Å². The Balaban J connectivity index is 1.62. The number of carbonyl (C=O) groups is 1. The SMILES string of the molecule is CCOC(=O)c1cn(CC(CCCSc2ccc3ccccc3n2)O[Si](C)(C)C(C)(C)C)cn1. The van der Waals surface area contributed by atoms with E-state index in [-0.39, 0.29) is 17.1 Å². The lowest BCUT2D eigenvalue weighted by Gasteiger charge is -2.39. The molecule has 3 aromatic rings. The predicted octanol–water partition coefficient (Wildman–Crippen LogP) is 6.57. The third kappa shape index (κ3) is 7.17. The van der Waals surface area contributed by atoms with E-state index in [4.69, 9.17) is 14.1 Å². The predicted molar refractivity (Wildman–Crippen MR) is 142 cm³/mol. The van der Waals surface area contributed by atoms with E-state index in [1.807, 2.05) is 16.7 Å². The summed E-state index contributed by atoms with van der Waals surface area (Å²) in [4.78, 5) is 21.0. The van der Waals surface area contributed by atoms with Crippen molar-refractivity contribution >= 4 is 37.0 Å². The smallest absolute Gasteiger partial charge is 0.358 e. The summed E-state index contributed by atoms with van der Waals surface area (Å²) in [6, 6.07) is 12.4. The van der Waals surface area contributed by atoms with Crippen molar-refractivity contribution in [2.45, 2.75) is 76.3 Å². The molecule has 0 spiro atoms. The highest BCUT2D eigenvalue weighted by Crippen LogP contribution is 2.38. The number of hydrogen-bond donors (Lipinski definition) is 0. The summed E-state index contributed by atoms with van der Waals surface area (Å²) in [5, 5.41) is 2.34. The molecule has 34 heavy (non-hydrogen) atoms. The second kappa shape index (κ2) is 11.5. The first-order chi connectivity index (χ1) is 16.1. The second-order valence-corrected chi connectivity index (χ2v) is 15.9. The molecule has 3 rings (SSSR count). The summed E-state index contributed by atoms with van der Waals surface area (Å²) in [5.74, 6) is 0.586. The second-order valence-electron chi connectivity index (χ2n) is 10.0. The lowest BCUT2D eigenvalue weighted by molar-refractivity contribution is 0.0519. The Morgan fingerprint density at radius 2 is 1.94 bits per heavy atom. The van der Waals surface area contributed by atoms with Crippen molar-refractivity contribution in [2.24, 2.45) is 0 Å². The molecule has 0 N–H and O–H groups in total. The number of para-hydroxylation sites is 1. The molecule has 0 saturated heterocycles. The van der Waals surface area contributed by atoms with Gasteiger partial charge in [0.05, 0.1) is 29.6 Å². The van der Waals surface area contributed by atoms with Crippen LogP contribution in [0, 0.1) is 0 Å². The molecular weight excluding hydrogens is 462 g/mol. The van der Waals surface area contributed by atoms with Crippen molar-refractivity contribution in [3.63, 3.8) is 0 Å². The van der Waals surface area contributed by atoms with E-state index in [1.165, 1.54) is 0 Å². The van der Waals surface area contributed by atoms with E-state index in [1.54, 1.807) is 31.2 Å². The topological polar surface area (TPSA) is 66.2 Å². The maximum atomic E-state index is 12.0. The van der Waals surface area contributed by atoms with Crippen LogP contribution < -0.4 is 0 Å². The van der Waals surface area contributed by atoms with Crippen molar-refractivity contribution in [2.75, 3.05) is 12.4 Å². The highest BCUT2D eigenvalue weighted by Gasteiger charge is 2.39. The molecular formula is C26H37N3O3SSi. The summed E-state index contributed by atoms with van der Waals surface area (Å²) in [6.07, 6.45) is 5.45. The van der Waals surface area contributed by atoms with Crippen molar-refractivity contribution in [1.82, 2.24) is 14.5 Å². The third-order valence-corrected chi connectivity index (χ3v) is 11.8. The lowest BCUT2D eigenvalue weighted by Crippen LogP contribution is -2.45. The van der Waals surface area contributed by atoms with E-state index >= 15 is 0 Å². The van der Waals surface area contributed by atoms with E-state index in [0.29, 0.717) is 18.8 Å². The van der Waals surface area contributed by atoms with E-state index in [9.17, 15) is 4.79 Å². The van der Waals surface area contributed by atoms with Gasteiger partial charge >= 0.3 is 5.97 Å². The lowest BCUT2D eigenvalue weighted by atomic mass is 10.2. The Kier molecular flexibility index (Phi) is 8.95. The molecule has 0 aliphatic rings. The van der Waals surface area contributed by atoms with Crippen LogP contribution in [-0.4, -0.2) is 47.3 Å². The van der Waals surface area contributed by atoms with Crippen molar-refractivity contribution in [3.8, 4) is 0 Å². The van der Waals surface area contributed by atoms with Gasteiger partial charge in [-0.15, -0.1) is 11.8 Å². The molecule has 1 aromatic carbocycles. The fourth-order valence-electron chi connectivity index (χ4n) is 3.40. The van der Waals surface area contributed by atoms with Crippen LogP contribution in [0.3, 0.4) is 0 Å². The molecule has 1 unspecified atom stereocenters. The van der Waals surface area contributed by atoms with Gasteiger partial charge in [-0.25, -0.2) is 14.8 Å². The quantitative estimate of drug-likeness (QED) is 0.129. The Hall–Kier alpha value is -2.16. The van der Waals surface area contributed by atoms with Crippen LogP contribution in [0.5, 0.6) is 0 Å². The Morgan fingerprint density at radius 3 is 2.68 bits per heavy atom. The van der Waals surface area contributed by atoms with Gasteiger partial charge in [0.1, 0.15) is 0 Å². The number of imidazole rings is 1. The third-order valence-electron chi connectivity index (χ3n) is 6.29. The number of thioether (sulfide) groups is 1. The molecule has 0 aliphatic carbocycles. The molecule has 0 fully saturated rings. The zero-order chi connectivity index (χ0) is 24.8. The normalized spacial score (nSPS) is 13.2. The first kappa shape index (κ1) is 26.4. The zero-order valence-corrected chi connectivity index (χ0v) is 23.0. The maximum Gasteiger partial charge on any atom is 0.358 e. The van der Waals surface area contributed by atoms with Crippen LogP contribution in [0.1, 0.15) is 51.0 Å². The average molecular weight is 500 g/mol. The van der Waals surface area contributed by atoms with Crippen LogP contribution in [0.15, 0.2) is 53.9 Å². The number of aromatic nitrogens is 3. The van der Waals surface area contributed by atoms with Gasteiger partial charge < -0.3 is 13.7 Å². The van der Waals surface area contributed by atoms with Gasteiger partial charge in [0, 0.05) is 18.1 Å². The fraction of sp³-hybridized carbons (Fsp3) is 0.500. The van der Waals surface area contributed by atoms with Gasteiger partial charge in [-0.3, -0.25) is 0 Å². The molecule has 0 aliphatic heterocycles. The maximum absolute atomic E-state index is 12.0. The van der Waals surface area contributed by atoms with E-state index < -0.39 is 8.32 Å². The zero-order valence-electron chi connectivity index (χ0n) is 21.2. The summed E-state index contributed by atoms with van der Waals surface area (Å²) < 4.78 is 13.8. The highest BCUT2D eigenvalue weighted by molar-refractivity contribution is 7.99. The van der Waals surface area contributed by atoms with Crippen LogP contribution in [-0.2, 0) is 15.7 Å². The number of fused-ring (bicyclic) bond motifs is 1. The largest absolute Gasteiger partial charge is 0.461 e. The minimum atomic E-state index is -1.95. The van der Waals surface area contributed by atoms with Gasteiger partial charge in [0.2, 0.25) is 0 Å². The van der Waals surface area contributed by atoms with Gasteiger partial charge in [-0.2, -0.15) is 0 Å². The van der Waals surface area contributed by atoms with Crippen LogP contribution >= 0.6 is 11.8 Å². The average Bonchev–Trinajstić information content (AvgIpc) is 3.24. The molecule has 184 valence electrons. The Bertz CT molecular complexity index is 1090. The highest BCUT2D eigenvalue weighted by atomic mass is 32.2. The first-order valence-electron chi connectivity index (χ1n) is 11.9. The number of hydrogen-bond acceptors (Lipinski definition) is 6. The number of esters is 1. The standard InChI is InChI=1S/C26H37N3O3SSi/c1-7-31-25(30)23-18-29(19-27-23)17-21(32-34(5,6)26(2,3)4)12-10-16-33-24-15-14-20-11-8-9-13-22(20)28-24/h8-9,11,13-15,18-19,21H,7,10,12,16-17H2,1-6H3. The van der Waals surface area contributed by atoms with Gasteiger partial charge in [-0.05, 0) is 55.8 Å². The van der Waals surface area contributed by atoms with Crippen LogP contribution in [0.2, 0.25) is 18.1 Å². The Labute approximate surface area is 208 Å². The van der Waals surface area contributed by atoms with E-state index in [0.717, 1.165) is 34.5 Å². The summed E-state index contributed by atoms with van der Waals surface area (Å²) >= 11 is 1.78. The summed E-state index contributed by atoms with van der Waals surface area (Å²) in [5.41, 5.74) is 1.37. The fourth-order valence-corrected chi connectivity index (χ4v) is 5.63. The summed E-state index contributed by atoms with van der Waals surface area (Å²) in [6.45, 7) is 14.1. The molecule has 0 amide bonds. The van der Waals surface area contributed by atoms with Crippen molar-refractivity contribution < 1.29 is 14.0 Å². The van der Waals surface area contributed by atoms with Gasteiger partial charge in [0.25, 0.3) is 0 Å². The van der Waals surface area contributed by atoms with Crippen LogP contribution in [0.25, 0.3) is 10.9 Å². The number of carbonyl (C=O) groups excluding carboxylic acids is 1. The molecule has 8 heteroatoms. The molecule has 0 saturated carbocycles. The molecule has 6 nitrogen and oxygen atoms in total.